The molecule has 3 heteroatoms. The minimum absolute atomic E-state index is 0. The largest absolute Gasteiger partial charge is 2.00 e. The fourth-order valence-corrected chi connectivity index (χ4v) is 0.855. The van der Waals surface area contributed by atoms with Crippen LogP contribution in [0.3, 0.4) is 0 Å². The third-order valence-electron chi connectivity index (χ3n) is 1.47. The van der Waals surface area contributed by atoms with Gasteiger partial charge < -0.3 is 10.2 Å². The summed E-state index contributed by atoms with van der Waals surface area (Å²) in [7, 11) is 0. The molecule has 0 aromatic carbocycles. The summed E-state index contributed by atoms with van der Waals surface area (Å²) in [5.41, 5.74) is 0. The third-order valence-corrected chi connectivity index (χ3v) is 1.47. The predicted octanol–water partition coefficient (Wildman–Crippen LogP) is 0.000200. The van der Waals surface area contributed by atoms with Crippen molar-refractivity contribution in [2.75, 3.05) is 0 Å². The SMILES string of the molecule is [Mg+2].[O-]C1=CC=CC1.[O-]C1=CC=CC1. The van der Waals surface area contributed by atoms with Crippen LogP contribution in [0.1, 0.15) is 12.8 Å². The summed E-state index contributed by atoms with van der Waals surface area (Å²) in [4.78, 5) is 0. The van der Waals surface area contributed by atoms with Crippen molar-refractivity contribution < 1.29 is 10.2 Å². The fraction of sp³-hybridized carbons (Fsp3) is 0.200. The first-order valence-corrected chi connectivity index (χ1v) is 3.84. The molecule has 2 nitrogen and oxygen atoms in total. The average molecular weight is 186 g/mol. The van der Waals surface area contributed by atoms with Gasteiger partial charge in [0.25, 0.3) is 0 Å². The molecule has 0 N–H and O–H groups in total. The monoisotopic (exact) mass is 186 g/mol. The molecule has 0 radical (unpaired) electrons. The van der Waals surface area contributed by atoms with Gasteiger partial charge >= 0.3 is 23.1 Å². The topological polar surface area (TPSA) is 46.1 Å². The van der Waals surface area contributed by atoms with Gasteiger partial charge in [-0.1, -0.05) is 36.5 Å². The van der Waals surface area contributed by atoms with Gasteiger partial charge in [-0.25, -0.2) is 0 Å². The van der Waals surface area contributed by atoms with Gasteiger partial charge in [0, 0.05) is 0 Å². The molecule has 0 aliphatic heterocycles. The number of hydrogen-bond acceptors (Lipinski definition) is 2. The molecule has 0 heterocycles. The second kappa shape index (κ2) is 6.80. The quantitative estimate of drug-likeness (QED) is 0.500. The summed E-state index contributed by atoms with van der Waals surface area (Å²) in [5, 5.41) is 20.2. The van der Waals surface area contributed by atoms with Gasteiger partial charge in [-0.05, 0) is 12.8 Å². The molecule has 0 bridgehead atoms. The van der Waals surface area contributed by atoms with E-state index in [-0.39, 0.29) is 34.6 Å². The van der Waals surface area contributed by atoms with Crippen molar-refractivity contribution in [3.8, 4) is 0 Å². The first kappa shape index (κ1) is 12.3. The first-order valence-electron chi connectivity index (χ1n) is 3.84. The Kier molecular flexibility index (Phi) is 6.45. The molecule has 0 atom stereocenters. The van der Waals surface area contributed by atoms with Crippen LogP contribution in [-0.2, 0) is 0 Å². The van der Waals surface area contributed by atoms with E-state index >= 15 is 0 Å². The molecule has 64 valence electrons. The van der Waals surface area contributed by atoms with E-state index in [0.29, 0.717) is 12.8 Å². The van der Waals surface area contributed by atoms with Gasteiger partial charge in [0.05, 0.1) is 0 Å². The minimum atomic E-state index is 0. The second-order valence-corrected chi connectivity index (χ2v) is 2.53. The third kappa shape index (κ3) is 5.55. The Morgan fingerprint density at radius 3 is 1.31 bits per heavy atom. The molecule has 0 amide bonds. The average Bonchev–Trinajstić information content (AvgIpc) is 2.63. The minimum Gasteiger partial charge on any atom is -0.875 e. The van der Waals surface area contributed by atoms with Crippen LogP contribution in [0.4, 0.5) is 0 Å². The normalized spacial score (nSPS) is 16.9. The zero-order chi connectivity index (χ0) is 8.81. The van der Waals surface area contributed by atoms with Crippen molar-refractivity contribution in [2.45, 2.75) is 12.8 Å². The van der Waals surface area contributed by atoms with E-state index in [1.807, 2.05) is 12.2 Å². The summed E-state index contributed by atoms with van der Waals surface area (Å²) in [6.45, 7) is 0. The van der Waals surface area contributed by atoms with Crippen molar-refractivity contribution in [1.82, 2.24) is 0 Å². The molecule has 0 unspecified atom stereocenters. The van der Waals surface area contributed by atoms with Crippen LogP contribution in [-0.4, -0.2) is 23.1 Å². The molecular weight excluding hydrogens is 176 g/mol. The molecular formula is C10H10MgO2. The predicted molar refractivity (Wildman–Crippen MR) is 49.4 cm³/mol. The molecule has 0 aromatic heterocycles. The summed E-state index contributed by atoms with van der Waals surface area (Å²) in [5.74, 6) is 0.435. The van der Waals surface area contributed by atoms with Gasteiger partial charge in [0.2, 0.25) is 0 Å². The molecule has 13 heavy (non-hydrogen) atoms. The van der Waals surface area contributed by atoms with Gasteiger partial charge in [0.1, 0.15) is 0 Å². The molecule has 0 saturated heterocycles. The summed E-state index contributed by atoms with van der Waals surface area (Å²) in [6.07, 6.45) is 11.6. The second-order valence-electron chi connectivity index (χ2n) is 2.53. The van der Waals surface area contributed by atoms with E-state index in [1.165, 1.54) is 0 Å². The summed E-state index contributed by atoms with van der Waals surface area (Å²) >= 11 is 0. The maximum absolute atomic E-state index is 10.1. The standard InChI is InChI=1S/2C5H6O.Mg/c2*6-5-3-1-2-4-5;/h2*1-3,6H,4H2;/q;;+2/p-2. The van der Waals surface area contributed by atoms with Crippen LogP contribution in [0.5, 0.6) is 0 Å². The molecule has 0 saturated carbocycles. The smallest absolute Gasteiger partial charge is 0.875 e. The Morgan fingerprint density at radius 2 is 1.23 bits per heavy atom. The van der Waals surface area contributed by atoms with Gasteiger partial charge in [0.15, 0.2) is 0 Å². The van der Waals surface area contributed by atoms with Gasteiger partial charge in [-0.15, -0.1) is 11.5 Å². The number of hydrogen-bond donors (Lipinski definition) is 0. The number of allylic oxidation sites excluding steroid dienone is 6. The van der Waals surface area contributed by atoms with Crippen LogP contribution in [0.25, 0.3) is 0 Å². The molecule has 2 aliphatic rings. The first-order chi connectivity index (χ1) is 5.79. The van der Waals surface area contributed by atoms with E-state index in [4.69, 9.17) is 0 Å². The molecule has 0 fully saturated rings. The Labute approximate surface area is 94.1 Å². The Balaban J connectivity index is 0.000000206. The maximum Gasteiger partial charge on any atom is 2.00 e. The van der Waals surface area contributed by atoms with Gasteiger partial charge in [-0.3, -0.25) is 0 Å². The number of rotatable bonds is 0. The Hall–Kier alpha value is -0.674. The Bertz CT molecular complexity index is 234. The Morgan fingerprint density at radius 1 is 0.846 bits per heavy atom. The van der Waals surface area contributed by atoms with Crippen molar-refractivity contribution in [3.63, 3.8) is 0 Å². The van der Waals surface area contributed by atoms with E-state index in [0.717, 1.165) is 0 Å². The summed E-state index contributed by atoms with van der Waals surface area (Å²) in [6, 6.07) is 0. The van der Waals surface area contributed by atoms with Crippen molar-refractivity contribution in [1.29, 1.82) is 0 Å². The van der Waals surface area contributed by atoms with E-state index in [9.17, 15) is 10.2 Å². The van der Waals surface area contributed by atoms with E-state index in [1.54, 1.807) is 24.3 Å². The van der Waals surface area contributed by atoms with Gasteiger partial charge in [-0.2, -0.15) is 0 Å². The molecule has 2 rings (SSSR count). The molecule has 0 spiro atoms. The maximum atomic E-state index is 10.1. The van der Waals surface area contributed by atoms with Crippen molar-refractivity contribution in [3.05, 3.63) is 48.0 Å². The zero-order valence-electron chi connectivity index (χ0n) is 7.40. The van der Waals surface area contributed by atoms with E-state index in [2.05, 4.69) is 0 Å². The van der Waals surface area contributed by atoms with Crippen molar-refractivity contribution in [2.24, 2.45) is 0 Å². The van der Waals surface area contributed by atoms with Crippen LogP contribution >= 0.6 is 0 Å². The zero-order valence-corrected chi connectivity index (χ0v) is 8.82. The van der Waals surface area contributed by atoms with E-state index < -0.39 is 0 Å². The van der Waals surface area contributed by atoms with Crippen molar-refractivity contribution >= 4 is 23.1 Å². The summed E-state index contributed by atoms with van der Waals surface area (Å²) < 4.78 is 0. The van der Waals surface area contributed by atoms with Crippen LogP contribution in [0.2, 0.25) is 0 Å². The van der Waals surface area contributed by atoms with Crippen LogP contribution in [0, 0.1) is 0 Å². The van der Waals surface area contributed by atoms with Crippen LogP contribution < -0.4 is 10.2 Å². The fourth-order valence-electron chi connectivity index (χ4n) is 0.855. The molecule has 0 aromatic rings. The van der Waals surface area contributed by atoms with Crippen LogP contribution in [0.15, 0.2) is 48.0 Å². The molecule has 2 aliphatic carbocycles.